The molecule has 2 heterocycles. The predicted octanol–water partition coefficient (Wildman–Crippen LogP) is 4.02. The van der Waals surface area contributed by atoms with Crippen molar-refractivity contribution in [2.75, 3.05) is 26.2 Å². The fraction of sp³-hybridized carbons (Fsp3) is 0.500. The second kappa shape index (κ2) is 10.2. The molecule has 172 valence electrons. The first-order chi connectivity index (χ1) is 15.4. The smallest absolute Gasteiger partial charge is 0.225 e. The van der Waals surface area contributed by atoms with E-state index in [0.717, 1.165) is 43.5 Å². The molecule has 0 unspecified atom stereocenters. The van der Waals surface area contributed by atoms with E-state index in [1.165, 1.54) is 5.56 Å². The minimum Gasteiger partial charge on any atom is -0.342 e. The van der Waals surface area contributed by atoms with E-state index in [-0.39, 0.29) is 17.6 Å². The van der Waals surface area contributed by atoms with Crippen molar-refractivity contribution >= 4 is 15.9 Å². The highest BCUT2D eigenvalue weighted by molar-refractivity contribution is 7.88. The number of nitrogens with zero attached hydrogens (tertiary/aromatic N) is 2. The number of amides is 1. The van der Waals surface area contributed by atoms with Gasteiger partial charge < -0.3 is 4.90 Å². The average Bonchev–Trinajstić information content (AvgIpc) is 2.81. The van der Waals surface area contributed by atoms with Crippen molar-refractivity contribution in [1.82, 2.24) is 9.21 Å². The highest BCUT2D eigenvalue weighted by atomic mass is 32.2. The van der Waals surface area contributed by atoms with Crippen LogP contribution in [0.2, 0.25) is 0 Å². The molecule has 32 heavy (non-hydrogen) atoms. The first-order valence-electron chi connectivity index (χ1n) is 11.8. The highest BCUT2D eigenvalue weighted by Gasteiger charge is 2.34. The maximum atomic E-state index is 13.1. The Morgan fingerprint density at radius 1 is 0.875 bits per heavy atom. The van der Waals surface area contributed by atoms with Gasteiger partial charge in [-0.05, 0) is 61.6 Å². The monoisotopic (exact) mass is 454 g/mol. The van der Waals surface area contributed by atoms with Crippen LogP contribution in [0.1, 0.15) is 42.4 Å². The van der Waals surface area contributed by atoms with E-state index in [1.807, 2.05) is 42.2 Å². The molecule has 2 aliphatic rings. The largest absolute Gasteiger partial charge is 0.342 e. The van der Waals surface area contributed by atoms with E-state index in [1.54, 1.807) is 4.31 Å². The lowest BCUT2D eigenvalue weighted by atomic mass is 9.89. The fourth-order valence-corrected chi connectivity index (χ4v) is 6.67. The van der Waals surface area contributed by atoms with Crippen molar-refractivity contribution in [1.29, 1.82) is 0 Å². The number of hydrogen-bond donors (Lipinski definition) is 0. The lowest BCUT2D eigenvalue weighted by Gasteiger charge is -2.37. The molecule has 0 spiro atoms. The first kappa shape index (κ1) is 23.0. The minimum atomic E-state index is -3.36. The zero-order valence-corrected chi connectivity index (χ0v) is 19.8. The highest BCUT2D eigenvalue weighted by Crippen LogP contribution is 2.27. The van der Waals surface area contributed by atoms with Crippen LogP contribution in [0.5, 0.6) is 0 Å². The van der Waals surface area contributed by atoms with Gasteiger partial charge in [0.15, 0.2) is 0 Å². The summed E-state index contributed by atoms with van der Waals surface area (Å²) in [7, 11) is -3.36. The molecule has 0 N–H and O–H groups in total. The Bertz CT molecular complexity index is 1010. The zero-order chi connectivity index (χ0) is 22.6. The average molecular weight is 455 g/mol. The summed E-state index contributed by atoms with van der Waals surface area (Å²) in [6.07, 6.45) is 4.42. The third-order valence-electron chi connectivity index (χ3n) is 7.09. The summed E-state index contributed by atoms with van der Waals surface area (Å²) in [6.45, 7) is 4.47. The number of sulfonamides is 1. The van der Waals surface area contributed by atoms with Crippen LogP contribution in [-0.2, 0) is 27.0 Å². The van der Waals surface area contributed by atoms with Crippen molar-refractivity contribution in [2.24, 2.45) is 11.8 Å². The number of likely N-dealkylation sites (tertiary alicyclic amines) is 1. The number of benzene rings is 2. The van der Waals surface area contributed by atoms with Crippen LogP contribution < -0.4 is 0 Å². The van der Waals surface area contributed by atoms with Gasteiger partial charge in [0.25, 0.3) is 0 Å². The molecule has 2 fully saturated rings. The predicted molar refractivity (Wildman–Crippen MR) is 128 cm³/mol. The molecule has 0 atom stereocenters. The van der Waals surface area contributed by atoms with Gasteiger partial charge in [0.2, 0.25) is 15.9 Å². The van der Waals surface area contributed by atoms with Gasteiger partial charge in [0.1, 0.15) is 0 Å². The van der Waals surface area contributed by atoms with Crippen LogP contribution in [0, 0.1) is 18.8 Å². The van der Waals surface area contributed by atoms with Gasteiger partial charge in [-0.1, -0.05) is 54.6 Å². The number of aryl methyl sites for hydroxylation is 1. The minimum absolute atomic E-state index is 0.0349. The lowest BCUT2D eigenvalue weighted by Crippen LogP contribution is -2.46. The Morgan fingerprint density at radius 2 is 1.50 bits per heavy atom. The van der Waals surface area contributed by atoms with Crippen molar-refractivity contribution in [3.8, 4) is 0 Å². The first-order valence-corrected chi connectivity index (χ1v) is 13.4. The van der Waals surface area contributed by atoms with Crippen LogP contribution in [0.3, 0.4) is 0 Å². The van der Waals surface area contributed by atoms with Gasteiger partial charge >= 0.3 is 0 Å². The fourth-order valence-electron chi connectivity index (χ4n) is 5.00. The summed E-state index contributed by atoms with van der Waals surface area (Å²) < 4.78 is 27.4. The van der Waals surface area contributed by atoms with Crippen molar-refractivity contribution in [3.63, 3.8) is 0 Å². The van der Waals surface area contributed by atoms with E-state index in [4.69, 9.17) is 0 Å². The lowest BCUT2D eigenvalue weighted by molar-refractivity contribution is -0.138. The van der Waals surface area contributed by atoms with Crippen molar-refractivity contribution in [2.45, 2.75) is 44.8 Å². The summed E-state index contributed by atoms with van der Waals surface area (Å²) in [4.78, 5) is 15.1. The molecule has 0 bridgehead atoms. The molecular formula is C26H34N2O3S. The van der Waals surface area contributed by atoms with Crippen molar-refractivity contribution < 1.29 is 13.2 Å². The normalized spacial score (nSPS) is 19.2. The number of hydrogen-bond acceptors (Lipinski definition) is 3. The summed E-state index contributed by atoms with van der Waals surface area (Å²) in [5.41, 5.74) is 3.22. The molecule has 1 amide bonds. The number of piperidine rings is 2. The van der Waals surface area contributed by atoms with Crippen molar-refractivity contribution in [3.05, 3.63) is 71.3 Å². The molecule has 2 aliphatic heterocycles. The number of carbonyl (C=O) groups excluding carboxylic acids is 1. The second-order valence-electron chi connectivity index (χ2n) is 9.31. The summed E-state index contributed by atoms with van der Waals surface area (Å²) >= 11 is 0. The molecule has 2 saturated heterocycles. The van der Waals surface area contributed by atoms with Crippen LogP contribution in [0.25, 0.3) is 0 Å². The van der Waals surface area contributed by atoms with Gasteiger partial charge in [0.05, 0.1) is 5.75 Å². The Balaban J connectivity index is 1.25. The molecule has 0 saturated carbocycles. The maximum Gasteiger partial charge on any atom is 0.225 e. The van der Waals surface area contributed by atoms with Crippen LogP contribution in [-0.4, -0.2) is 49.7 Å². The second-order valence-corrected chi connectivity index (χ2v) is 11.3. The topological polar surface area (TPSA) is 57.7 Å². The zero-order valence-electron chi connectivity index (χ0n) is 18.9. The Labute approximate surface area is 192 Å². The molecule has 0 aromatic heterocycles. The third kappa shape index (κ3) is 5.59. The molecule has 5 nitrogen and oxygen atoms in total. The van der Waals surface area contributed by atoms with Gasteiger partial charge in [-0.2, -0.15) is 0 Å². The van der Waals surface area contributed by atoms with Gasteiger partial charge in [-0.15, -0.1) is 0 Å². The maximum absolute atomic E-state index is 13.1. The van der Waals surface area contributed by atoms with Crippen LogP contribution >= 0.6 is 0 Å². The summed E-state index contributed by atoms with van der Waals surface area (Å²) in [5, 5.41) is 0. The van der Waals surface area contributed by atoms with E-state index in [0.29, 0.717) is 31.8 Å². The molecule has 2 aromatic carbocycles. The van der Waals surface area contributed by atoms with Gasteiger partial charge in [-0.3, -0.25) is 4.79 Å². The molecule has 6 heteroatoms. The molecule has 4 rings (SSSR count). The van der Waals surface area contributed by atoms with E-state index >= 15 is 0 Å². The molecule has 2 aromatic rings. The van der Waals surface area contributed by atoms with Crippen LogP contribution in [0.4, 0.5) is 0 Å². The molecule has 0 radical (unpaired) electrons. The van der Waals surface area contributed by atoms with E-state index in [9.17, 15) is 13.2 Å². The number of carbonyl (C=O) groups is 1. The van der Waals surface area contributed by atoms with Gasteiger partial charge in [0, 0.05) is 32.1 Å². The molecule has 0 aliphatic carbocycles. The molecular weight excluding hydrogens is 420 g/mol. The Morgan fingerprint density at radius 3 is 2.16 bits per heavy atom. The summed E-state index contributed by atoms with van der Waals surface area (Å²) in [5.74, 6) is 0.840. The number of rotatable bonds is 6. The summed E-state index contributed by atoms with van der Waals surface area (Å²) in [6, 6.07) is 18.2. The van der Waals surface area contributed by atoms with Gasteiger partial charge in [-0.25, -0.2) is 12.7 Å². The van der Waals surface area contributed by atoms with E-state index in [2.05, 4.69) is 24.3 Å². The third-order valence-corrected chi connectivity index (χ3v) is 8.92. The van der Waals surface area contributed by atoms with E-state index < -0.39 is 10.0 Å². The standard InChI is InChI=1S/C26H34N2O3S/c1-21-7-5-6-10-25(21)20-32(30,31)28-17-13-24(14-18-28)26(29)27-15-11-23(12-16-27)19-22-8-3-2-4-9-22/h2-10,23-24H,11-20H2,1H3. The van der Waals surface area contributed by atoms with Crippen LogP contribution in [0.15, 0.2) is 54.6 Å². The quantitative estimate of drug-likeness (QED) is 0.662. The Kier molecular flexibility index (Phi) is 7.31. The SMILES string of the molecule is Cc1ccccc1CS(=O)(=O)N1CCC(C(=O)N2CCC(Cc3ccccc3)CC2)CC1. The Hall–Kier alpha value is -2.18.